The van der Waals surface area contributed by atoms with E-state index in [-0.39, 0.29) is 5.56 Å². The molecule has 9 heteroatoms. The van der Waals surface area contributed by atoms with Crippen molar-refractivity contribution in [1.82, 2.24) is 14.6 Å². The van der Waals surface area contributed by atoms with E-state index in [2.05, 4.69) is 26.1 Å². The number of rotatable bonds is 5. The maximum absolute atomic E-state index is 13.1. The number of nitrogens with zero attached hydrogens (tertiary/aromatic N) is 3. The summed E-state index contributed by atoms with van der Waals surface area (Å²) in [7, 11) is 4.61. The van der Waals surface area contributed by atoms with Gasteiger partial charge >= 0.3 is 0 Å². The smallest absolute Gasteiger partial charge is 0.276 e. The van der Waals surface area contributed by atoms with Crippen LogP contribution in [0.15, 0.2) is 45.7 Å². The van der Waals surface area contributed by atoms with E-state index in [1.165, 1.54) is 37.1 Å². The van der Waals surface area contributed by atoms with Gasteiger partial charge in [-0.25, -0.2) is 4.40 Å². The number of thiazole rings is 1. The lowest BCUT2D eigenvalue weighted by Gasteiger charge is -2.13. The summed E-state index contributed by atoms with van der Waals surface area (Å²) in [5.41, 5.74) is 1.39. The molecule has 0 amide bonds. The molecule has 0 fully saturated rings. The van der Waals surface area contributed by atoms with E-state index >= 15 is 0 Å². The fourth-order valence-electron chi connectivity index (χ4n) is 2.97. The molecule has 0 saturated carbocycles. The van der Waals surface area contributed by atoms with Crippen LogP contribution in [0.3, 0.4) is 0 Å². The van der Waals surface area contributed by atoms with Crippen LogP contribution in [0.4, 0.5) is 0 Å². The Morgan fingerprint density at radius 2 is 1.66 bits per heavy atom. The second-order valence-corrected chi connectivity index (χ2v) is 7.95. The molecule has 2 heterocycles. The quantitative estimate of drug-likeness (QED) is 0.443. The van der Waals surface area contributed by atoms with Crippen LogP contribution < -0.4 is 24.3 Å². The predicted molar refractivity (Wildman–Crippen MR) is 115 cm³/mol. The second-order valence-electron chi connectivity index (χ2n) is 6.02. The van der Waals surface area contributed by atoms with E-state index < -0.39 is 0 Å². The van der Waals surface area contributed by atoms with Crippen LogP contribution >= 0.6 is 27.3 Å². The van der Waals surface area contributed by atoms with Gasteiger partial charge in [0.1, 0.15) is 0 Å². The molecule has 4 rings (SSSR count). The molecule has 4 aromatic rings. The fourth-order valence-corrected chi connectivity index (χ4v) is 4.15. The Bertz CT molecular complexity index is 1270. The highest BCUT2D eigenvalue weighted by Gasteiger charge is 2.19. The van der Waals surface area contributed by atoms with Gasteiger partial charge in [0.25, 0.3) is 5.56 Å². The molecule has 0 aliphatic carbocycles. The Morgan fingerprint density at radius 3 is 2.24 bits per heavy atom. The van der Waals surface area contributed by atoms with E-state index in [9.17, 15) is 4.79 Å². The van der Waals surface area contributed by atoms with Crippen molar-refractivity contribution in [2.24, 2.45) is 0 Å². The van der Waals surface area contributed by atoms with Crippen LogP contribution in [-0.4, -0.2) is 35.9 Å². The van der Waals surface area contributed by atoms with Crippen molar-refractivity contribution < 1.29 is 14.2 Å². The number of benzene rings is 2. The molecule has 2 aromatic carbocycles. The maximum Gasteiger partial charge on any atom is 0.276 e. The summed E-state index contributed by atoms with van der Waals surface area (Å²) in [6.45, 7) is 0. The SMILES string of the molecule is COc1cc(-c2nnc3s/c(=C\c4ccc(Br)cc4)c(=O)n23)cc(OC)c1OC. The first-order valence-corrected chi connectivity index (χ1v) is 10.1. The number of fused-ring (bicyclic) bond motifs is 1. The molecule has 2 aromatic heterocycles. The summed E-state index contributed by atoms with van der Waals surface area (Å²) in [4.78, 5) is 13.6. The highest BCUT2D eigenvalue weighted by atomic mass is 79.9. The zero-order chi connectivity index (χ0) is 20.5. The topological polar surface area (TPSA) is 75.0 Å². The summed E-state index contributed by atoms with van der Waals surface area (Å²) in [6, 6.07) is 11.2. The summed E-state index contributed by atoms with van der Waals surface area (Å²) in [5, 5.41) is 8.38. The summed E-state index contributed by atoms with van der Waals surface area (Å²) in [5.74, 6) is 1.83. The van der Waals surface area contributed by atoms with E-state index in [0.717, 1.165) is 10.0 Å². The van der Waals surface area contributed by atoms with E-state index in [4.69, 9.17) is 14.2 Å². The summed E-state index contributed by atoms with van der Waals surface area (Å²) >= 11 is 4.70. The van der Waals surface area contributed by atoms with Crippen LogP contribution in [-0.2, 0) is 0 Å². The van der Waals surface area contributed by atoms with Gasteiger partial charge in [0.05, 0.1) is 25.9 Å². The van der Waals surface area contributed by atoms with Gasteiger partial charge in [-0.3, -0.25) is 4.79 Å². The Hall–Kier alpha value is -2.91. The van der Waals surface area contributed by atoms with Crippen molar-refractivity contribution in [2.45, 2.75) is 0 Å². The molecule has 29 heavy (non-hydrogen) atoms. The minimum absolute atomic E-state index is 0.179. The van der Waals surface area contributed by atoms with Crippen molar-refractivity contribution in [3.05, 3.63) is 61.3 Å². The van der Waals surface area contributed by atoms with E-state index in [1.54, 1.807) is 12.1 Å². The molecule has 7 nitrogen and oxygen atoms in total. The zero-order valence-electron chi connectivity index (χ0n) is 15.8. The average Bonchev–Trinajstić information content (AvgIpc) is 3.29. The third-order valence-electron chi connectivity index (χ3n) is 4.34. The monoisotopic (exact) mass is 473 g/mol. The number of hydrogen-bond donors (Lipinski definition) is 0. The molecule has 0 N–H and O–H groups in total. The molecular formula is C20H16BrN3O4S. The van der Waals surface area contributed by atoms with Crippen LogP contribution in [0.5, 0.6) is 17.2 Å². The van der Waals surface area contributed by atoms with Crippen molar-refractivity contribution in [1.29, 1.82) is 0 Å². The molecule has 0 saturated heterocycles. The standard InChI is InChI=1S/C20H16BrN3O4S/c1-26-14-9-12(10-15(27-2)17(14)28-3)18-22-23-20-24(18)19(25)16(29-20)8-11-4-6-13(21)7-5-11/h4-10H,1-3H3/b16-8-. The first-order chi connectivity index (χ1) is 14.0. The van der Waals surface area contributed by atoms with Crippen LogP contribution in [0.1, 0.15) is 5.56 Å². The van der Waals surface area contributed by atoms with Crippen LogP contribution in [0.25, 0.3) is 22.4 Å². The number of hydrogen-bond acceptors (Lipinski definition) is 7. The molecule has 0 bridgehead atoms. The zero-order valence-corrected chi connectivity index (χ0v) is 18.2. The van der Waals surface area contributed by atoms with Gasteiger partial charge in [0, 0.05) is 10.0 Å². The van der Waals surface area contributed by atoms with Gasteiger partial charge in [-0.2, -0.15) is 0 Å². The molecule has 0 atom stereocenters. The minimum Gasteiger partial charge on any atom is -0.493 e. The predicted octanol–water partition coefficient (Wildman–Crippen LogP) is 3.15. The summed E-state index contributed by atoms with van der Waals surface area (Å²) in [6.07, 6.45) is 1.84. The Labute approximate surface area is 178 Å². The van der Waals surface area contributed by atoms with Gasteiger partial charge in [-0.1, -0.05) is 39.4 Å². The normalized spacial score (nSPS) is 11.8. The highest BCUT2D eigenvalue weighted by molar-refractivity contribution is 9.10. The lowest BCUT2D eigenvalue weighted by Crippen LogP contribution is -2.23. The number of methoxy groups -OCH3 is 3. The third-order valence-corrected chi connectivity index (χ3v) is 5.83. The Balaban J connectivity index is 1.90. The number of halogens is 1. The molecule has 0 radical (unpaired) electrons. The molecule has 0 spiro atoms. The van der Waals surface area contributed by atoms with Gasteiger partial charge in [-0.05, 0) is 35.9 Å². The number of ether oxygens (including phenoxy) is 3. The van der Waals surface area contributed by atoms with Crippen LogP contribution in [0, 0.1) is 0 Å². The average molecular weight is 474 g/mol. The summed E-state index contributed by atoms with van der Waals surface area (Å²) < 4.78 is 19.2. The molecule has 0 aliphatic rings. The van der Waals surface area contributed by atoms with Gasteiger partial charge < -0.3 is 14.2 Å². The van der Waals surface area contributed by atoms with Gasteiger partial charge in [0.15, 0.2) is 17.3 Å². The third kappa shape index (κ3) is 3.47. The van der Waals surface area contributed by atoms with Crippen LogP contribution in [0.2, 0.25) is 0 Å². The Morgan fingerprint density at radius 1 is 1.00 bits per heavy atom. The van der Waals surface area contributed by atoms with Gasteiger partial charge in [0.2, 0.25) is 10.7 Å². The lowest BCUT2D eigenvalue weighted by atomic mass is 10.1. The molecule has 148 valence electrons. The van der Waals surface area contributed by atoms with Gasteiger partial charge in [-0.15, -0.1) is 10.2 Å². The van der Waals surface area contributed by atoms with Crippen molar-refractivity contribution >= 4 is 38.3 Å². The van der Waals surface area contributed by atoms with Crippen molar-refractivity contribution in [3.63, 3.8) is 0 Å². The minimum atomic E-state index is -0.179. The molecular weight excluding hydrogens is 458 g/mol. The first kappa shape index (κ1) is 19.4. The largest absolute Gasteiger partial charge is 0.493 e. The Kier molecular flexibility index (Phi) is 5.25. The fraction of sp³-hybridized carbons (Fsp3) is 0.150. The molecule has 0 aliphatic heterocycles. The number of aromatic nitrogens is 3. The van der Waals surface area contributed by atoms with Crippen molar-refractivity contribution in [3.8, 4) is 28.6 Å². The highest BCUT2D eigenvalue weighted by Crippen LogP contribution is 2.40. The lowest BCUT2D eigenvalue weighted by molar-refractivity contribution is 0.324. The maximum atomic E-state index is 13.1. The second kappa shape index (κ2) is 7.84. The first-order valence-electron chi connectivity index (χ1n) is 8.51. The van der Waals surface area contributed by atoms with Crippen molar-refractivity contribution in [2.75, 3.05) is 21.3 Å². The van der Waals surface area contributed by atoms with E-state index in [0.29, 0.717) is 38.1 Å². The molecule has 0 unspecified atom stereocenters. The van der Waals surface area contributed by atoms with E-state index in [1.807, 2.05) is 30.3 Å².